The van der Waals surface area contributed by atoms with Crippen molar-refractivity contribution in [3.63, 3.8) is 0 Å². The fraction of sp³-hybridized carbons (Fsp3) is 0.316. The van der Waals surface area contributed by atoms with Crippen molar-refractivity contribution >= 4 is 24.6 Å². The number of rotatable bonds is 3. The summed E-state index contributed by atoms with van der Waals surface area (Å²) in [6, 6.07) is 9.69. The minimum Gasteiger partial charge on any atom is -0.504 e. The third-order valence-electron chi connectivity index (χ3n) is 3.29. The third kappa shape index (κ3) is 8.82. The van der Waals surface area contributed by atoms with E-state index >= 15 is 0 Å². The quantitative estimate of drug-likeness (QED) is 0.384. The number of nitrogens with zero attached hydrogens (tertiary/aromatic N) is 1. The number of ether oxygens (including phenoxy) is 3. The summed E-state index contributed by atoms with van der Waals surface area (Å²) in [5, 5.41) is 18.3. The molecule has 1 aliphatic heterocycles. The lowest BCUT2D eigenvalue weighted by Gasteiger charge is -2.01. The molecule has 2 N–H and O–H groups in total. The maximum absolute atomic E-state index is 9.19. The third-order valence-corrected chi connectivity index (χ3v) is 4.13. The minimum atomic E-state index is 0.0897. The van der Waals surface area contributed by atoms with E-state index in [1.807, 2.05) is 0 Å². The summed E-state index contributed by atoms with van der Waals surface area (Å²) in [7, 11) is 2.98. The van der Waals surface area contributed by atoms with E-state index in [4.69, 9.17) is 25.9 Å². The molecular formula is C19H23NO5S2. The average Bonchev–Trinajstić information content (AvgIpc) is 3.26. The van der Waals surface area contributed by atoms with Crippen LogP contribution in [0.3, 0.4) is 0 Å². The van der Waals surface area contributed by atoms with Gasteiger partial charge >= 0.3 is 0 Å². The van der Waals surface area contributed by atoms with Crippen LogP contribution in [0.5, 0.6) is 23.0 Å². The molecular weight excluding hydrogens is 386 g/mol. The molecule has 27 heavy (non-hydrogen) atoms. The number of methoxy groups -OCH3 is 2. The molecule has 6 nitrogen and oxygen atoms in total. The van der Waals surface area contributed by atoms with Gasteiger partial charge in [0, 0.05) is 24.2 Å². The van der Waals surface area contributed by atoms with Crippen molar-refractivity contribution in [1.29, 1.82) is 0 Å². The molecule has 1 saturated heterocycles. The molecule has 0 radical (unpaired) electrons. The monoisotopic (exact) mass is 409 g/mol. The van der Waals surface area contributed by atoms with Crippen LogP contribution in [0.2, 0.25) is 0 Å². The van der Waals surface area contributed by atoms with E-state index in [0.29, 0.717) is 11.5 Å². The molecule has 0 saturated carbocycles. The highest BCUT2D eigenvalue weighted by molar-refractivity contribution is 8.01. The molecule has 1 heterocycles. The van der Waals surface area contributed by atoms with Crippen molar-refractivity contribution in [2.75, 3.05) is 27.4 Å². The molecule has 146 valence electrons. The van der Waals surface area contributed by atoms with Crippen molar-refractivity contribution in [2.45, 2.75) is 22.6 Å². The van der Waals surface area contributed by atoms with Crippen LogP contribution in [0.15, 0.2) is 46.2 Å². The van der Waals surface area contributed by atoms with Crippen LogP contribution in [0, 0.1) is 6.57 Å². The van der Waals surface area contributed by atoms with Crippen LogP contribution in [0.4, 0.5) is 0 Å². The molecule has 0 amide bonds. The number of hydrogen-bond acceptors (Lipinski definition) is 7. The Balaban J connectivity index is 0.000000218. The zero-order valence-corrected chi connectivity index (χ0v) is 16.9. The van der Waals surface area contributed by atoms with Gasteiger partial charge in [0.15, 0.2) is 23.0 Å². The van der Waals surface area contributed by atoms with Crippen molar-refractivity contribution in [2.24, 2.45) is 0 Å². The maximum atomic E-state index is 9.19. The van der Waals surface area contributed by atoms with E-state index in [1.165, 1.54) is 33.1 Å². The zero-order valence-electron chi connectivity index (χ0n) is 15.2. The SMILES string of the molecule is C1CCOC1.COc1cc(S)ccc1O.[C-]#[N+]Sc1ccc(O)c(OC)c1. The highest BCUT2D eigenvalue weighted by Crippen LogP contribution is 2.31. The van der Waals surface area contributed by atoms with Crippen molar-refractivity contribution in [1.82, 2.24) is 0 Å². The normalized spacial score (nSPS) is 11.9. The Labute approximate surface area is 169 Å². The predicted octanol–water partition coefficient (Wildman–Crippen LogP) is 4.81. The van der Waals surface area contributed by atoms with E-state index in [-0.39, 0.29) is 11.5 Å². The van der Waals surface area contributed by atoms with Crippen LogP contribution in [-0.2, 0) is 4.74 Å². The minimum absolute atomic E-state index is 0.0897. The average molecular weight is 410 g/mol. The van der Waals surface area contributed by atoms with Crippen LogP contribution in [-0.4, -0.2) is 37.6 Å². The molecule has 0 spiro atoms. The number of benzene rings is 2. The Morgan fingerprint density at radius 1 is 1.00 bits per heavy atom. The highest BCUT2D eigenvalue weighted by Gasteiger charge is 2.05. The van der Waals surface area contributed by atoms with E-state index in [2.05, 4.69) is 16.9 Å². The second-order valence-corrected chi connectivity index (χ2v) is 6.54. The first kappa shape index (κ1) is 22.8. The fourth-order valence-corrected chi connectivity index (χ4v) is 2.53. The summed E-state index contributed by atoms with van der Waals surface area (Å²) in [6.07, 6.45) is 2.56. The Hall–Kier alpha value is -2.21. The molecule has 0 aliphatic carbocycles. The van der Waals surface area contributed by atoms with Gasteiger partial charge in [-0.25, -0.2) is 10.8 Å². The lowest BCUT2D eigenvalue weighted by atomic mass is 10.3. The largest absolute Gasteiger partial charge is 0.504 e. The number of hydrogen-bond donors (Lipinski definition) is 3. The smallest absolute Gasteiger partial charge is 0.294 e. The van der Waals surface area contributed by atoms with Crippen LogP contribution in [0.25, 0.3) is 4.25 Å². The van der Waals surface area contributed by atoms with Gasteiger partial charge in [0.05, 0.1) is 19.1 Å². The summed E-state index contributed by atoms with van der Waals surface area (Å²) < 4.78 is 17.8. The van der Waals surface area contributed by atoms with Gasteiger partial charge in [0.25, 0.3) is 11.9 Å². The maximum Gasteiger partial charge on any atom is 0.294 e. The van der Waals surface area contributed by atoms with Crippen molar-refractivity contribution < 1.29 is 24.4 Å². The topological polar surface area (TPSA) is 72.5 Å². The predicted molar refractivity (Wildman–Crippen MR) is 109 cm³/mol. The van der Waals surface area contributed by atoms with Gasteiger partial charge in [0.2, 0.25) is 0 Å². The van der Waals surface area contributed by atoms with Crippen LogP contribution in [0.1, 0.15) is 12.8 Å². The van der Waals surface area contributed by atoms with E-state index in [9.17, 15) is 5.11 Å². The molecule has 1 fully saturated rings. The van der Waals surface area contributed by atoms with Gasteiger partial charge in [-0.3, -0.25) is 0 Å². The van der Waals surface area contributed by atoms with Crippen molar-refractivity contribution in [3.8, 4) is 23.0 Å². The second kappa shape index (κ2) is 13.0. The summed E-state index contributed by atoms with van der Waals surface area (Å²) in [5.41, 5.74) is 0. The first-order chi connectivity index (χ1) is 13.0. The summed E-state index contributed by atoms with van der Waals surface area (Å²) in [5.74, 6) is 1.07. The number of phenolic OH excluding ortho intramolecular Hbond substituents is 2. The Morgan fingerprint density at radius 2 is 1.56 bits per heavy atom. The van der Waals surface area contributed by atoms with Gasteiger partial charge in [-0.05, 0) is 43.2 Å². The van der Waals surface area contributed by atoms with E-state index in [0.717, 1.165) is 35.0 Å². The summed E-state index contributed by atoms with van der Waals surface area (Å²) >= 11 is 5.08. The molecule has 1 aliphatic rings. The molecule has 3 rings (SSSR count). The Kier molecular flexibility index (Phi) is 11.0. The van der Waals surface area contributed by atoms with Gasteiger partial charge in [-0.15, -0.1) is 12.6 Å². The molecule has 0 bridgehead atoms. The lowest BCUT2D eigenvalue weighted by Crippen LogP contribution is -1.82. The molecule has 2 aromatic rings. The van der Waals surface area contributed by atoms with Gasteiger partial charge in [0.1, 0.15) is 0 Å². The Morgan fingerprint density at radius 3 is 2.00 bits per heavy atom. The number of aromatic hydroxyl groups is 2. The lowest BCUT2D eigenvalue weighted by molar-refractivity contribution is 0.198. The molecule has 0 atom stereocenters. The summed E-state index contributed by atoms with van der Waals surface area (Å²) in [4.78, 5) is 1.54. The summed E-state index contributed by atoms with van der Waals surface area (Å²) in [6.45, 7) is 8.61. The molecule has 0 aromatic heterocycles. The molecule has 8 heteroatoms. The van der Waals surface area contributed by atoms with Gasteiger partial charge < -0.3 is 24.4 Å². The van der Waals surface area contributed by atoms with Crippen LogP contribution < -0.4 is 9.47 Å². The number of thiol groups is 1. The molecule has 2 aromatic carbocycles. The Bertz CT molecular complexity index is 738. The standard InChI is InChI=1S/C8H7NO2S.C7H8O2S.C4H8O/c1-9-12-6-3-4-7(10)8(5-6)11-2;1-9-7-4-5(10)2-3-6(7)8;1-2-4-5-3-1/h3-5,10H,2H3;2-4,8,10H,1H3;1-4H2. The van der Waals surface area contributed by atoms with Crippen LogP contribution >= 0.6 is 24.6 Å². The second-order valence-electron chi connectivity index (χ2n) is 5.19. The number of phenols is 2. The highest BCUT2D eigenvalue weighted by atomic mass is 32.2. The first-order valence-electron chi connectivity index (χ1n) is 8.06. The molecule has 0 unspecified atom stereocenters. The van der Waals surface area contributed by atoms with E-state index < -0.39 is 0 Å². The first-order valence-corrected chi connectivity index (χ1v) is 9.28. The zero-order chi connectivity index (χ0) is 20.1. The van der Waals surface area contributed by atoms with Gasteiger partial charge in [-0.2, -0.15) is 0 Å². The van der Waals surface area contributed by atoms with E-state index in [1.54, 1.807) is 30.3 Å². The van der Waals surface area contributed by atoms with Gasteiger partial charge in [-0.1, -0.05) is 0 Å². The van der Waals surface area contributed by atoms with Crippen molar-refractivity contribution in [3.05, 3.63) is 47.2 Å². The fourth-order valence-electron chi connectivity index (χ4n) is 1.94.